The van der Waals surface area contributed by atoms with Crippen LogP contribution < -0.4 is 9.80 Å². The third kappa shape index (κ3) is 4.70. The van der Waals surface area contributed by atoms with Gasteiger partial charge in [0.1, 0.15) is 5.69 Å². The molecule has 2 aromatic rings. The van der Waals surface area contributed by atoms with Crippen molar-refractivity contribution in [3.8, 4) is 0 Å². The predicted octanol–water partition coefficient (Wildman–Crippen LogP) is 3.61. The van der Waals surface area contributed by atoms with E-state index in [1.54, 1.807) is 12.1 Å². The molecule has 0 radical (unpaired) electrons. The van der Waals surface area contributed by atoms with E-state index >= 15 is 0 Å². The van der Waals surface area contributed by atoms with E-state index in [9.17, 15) is 19.7 Å². The molecule has 2 amide bonds. The van der Waals surface area contributed by atoms with Gasteiger partial charge in [0.25, 0.3) is 5.69 Å². The molecule has 4 rings (SSSR count). The second-order valence-corrected chi connectivity index (χ2v) is 8.23. The van der Waals surface area contributed by atoms with Gasteiger partial charge in [-0.05, 0) is 36.2 Å². The molecular formula is C22H23ClN4O4. The molecule has 2 saturated heterocycles. The minimum atomic E-state index is -0.447. The molecule has 0 saturated carbocycles. The lowest BCUT2D eigenvalue weighted by Gasteiger charge is -2.36. The maximum absolute atomic E-state index is 12.2. The lowest BCUT2D eigenvalue weighted by atomic mass is 10.1. The van der Waals surface area contributed by atoms with E-state index in [-0.39, 0.29) is 36.0 Å². The van der Waals surface area contributed by atoms with Crippen LogP contribution in [-0.4, -0.2) is 47.8 Å². The van der Waals surface area contributed by atoms with Crippen molar-refractivity contribution in [2.75, 3.05) is 36.0 Å². The van der Waals surface area contributed by atoms with Gasteiger partial charge in [0.05, 0.1) is 10.6 Å². The minimum absolute atomic E-state index is 0.0881. The average Bonchev–Trinajstić information content (AvgIpc) is 2.76. The second-order valence-electron chi connectivity index (χ2n) is 7.80. The van der Waals surface area contributed by atoms with Gasteiger partial charge in [-0.2, -0.15) is 0 Å². The average molecular weight is 443 g/mol. The standard InChI is InChI=1S/C22H23ClN4O4/c23-17-6-4-16(5-7-17)15-24-10-12-25(13-11-24)19-9-8-18(14-20(19)27(30)31)26-21(28)2-1-3-22(26)29/h4-9,14H,1-3,10-13,15H2. The normalized spacial score (nSPS) is 17.8. The van der Waals surface area contributed by atoms with Crippen LogP contribution in [0.25, 0.3) is 0 Å². The summed E-state index contributed by atoms with van der Waals surface area (Å²) in [5.74, 6) is -0.622. The van der Waals surface area contributed by atoms with E-state index in [4.69, 9.17) is 11.6 Å². The van der Waals surface area contributed by atoms with Crippen molar-refractivity contribution >= 4 is 40.5 Å². The van der Waals surface area contributed by atoms with Gasteiger partial charge in [-0.3, -0.25) is 29.5 Å². The maximum Gasteiger partial charge on any atom is 0.294 e. The van der Waals surface area contributed by atoms with Crippen LogP contribution in [0, 0.1) is 10.1 Å². The second kappa shape index (κ2) is 9.03. The number of piperidine rings is 1. The molecule has 9 heteroatoms. The molecule has 2 aliphatic rings. The van der Waals surface area contributed by atoms with Crippen LogP contribution in [0.2, 0.25) is 5.02 Å². The van der Waals surface area contributed by atoms with Crippen LogP contribution in [0.4, 0.5) is 17.1 Å². The van der Waals surface area contributed by atoms with E-state index in [0.717, 1.165) is 24.5 Å². The summed E-state index contributed by atoms with van der Waals surface area (Å²) in [4.78, 5) is 41.1. The highest BCUT2D eigenvalue weighted by Crippen LogP contribution is 2.34. The van der Waals surface area contributed by atoms with Crippen LogP contribution >= 0.6 is 11.6 Å². The highest BCUT2D eigenvalue weighted by molar-refractivity contribution is 6.30. The maximum atomic E-state index is 12.2. The van der Waals surface area contributed by atoms with Gasteiger partial charge in [0.2, 0.25) is 11.8 Å². The van der Waals surface area contributed by atoms with E-state index in [2.05, 4.69) is 4.90 Å². The largest absolute Gasteiger partial charge is 0.363 e. The highest BCUT2D eigenvalue weighted by Gasteiger charge is 2.30. The van der Waals surface area contributed by atoms with Crippen LogP contribution in [0.5, 0.6) is 0 Å². The number of carbonyl (C=O) groups excluding carboxylic acids is 2. The zero-order chi connectivity index (χ0) is 22.0. The first-order valence-electron chi connectivity index (χ1n) is 10.3. The molecule has 0 spiro atoms. The number of hydrogen-bond donors (Lipinski definition) is 0. The Morgan fingerprint density at radius 2 is 1.58 bits per heavy atom. The molecule has 2 fully saturated rings. The quantitative estimate of drug-likeness (QED) is 0.399. The minimum Gasteiger partial charge on any atom is -0.363 e. The van der Waals surface area contributed by atoms with Crippen molar-refractivity contribution in [2.24, 2.45) is 0 Å². The summed E-state index contributed by atoms with van der Waals surface area (Å²) in [6.07, 6.45) is 1.07. The van der Waals surface area contributed by atoms with Crippen molar-refractivity contribution in [1.29, 1.82) is 0 Å². The Hall–Kier alpha value is -2.97. The Bertz CT molecular complexity index is 987. The molecule has 2 heterocycles. The summed E-state index contributed by atoms with van der Waals surface area (Å²) < 4.78 is 0. The van der Waals surface area contributed by atoms with Gasteiger partial charge in [-0.25, -0.2) is 0 Å². The Kier molecular flexibility index (Phi) is 6.20. The molecule has 8 nitrogen and oxygen atoms in total. The number of amides is 2. The molecule has 0 unspecified atom stereocenters. The zero-order valence-corrected chi connectivity index (χ0v) is 17.8. The Morgan fingerprint density at radius 3 is 2.19 bits per heavy atom. The first kappa shape index (κ1) is 21.3. The molecule has 0 bridgehead atoms. The van der Waals surface area contributed by atoms with Crippen LogP contribution in [-0.2, 0) is 16.1 Å². The molecule has 162 valence electrons. The van der Waals surface area contributed by atoms with Crippen LogP contribution in [0.3, 0.4) is 0 Å². The molecule has 0 atom stereocenters. The lowest BCUT2D eigenvalue weighted by Crippen LogP contribution is -2.46. The van der Waals surface area contributed by atoms with Gasteiger partial charge >= 0.3 is 0 Å². The van der Waals surface area contributed by atoms with Gasteiger partial charge in [-0.1, -0.05) is 23.7 Å². The number of imide groups is 1. The number of nitro groups is 1. The molecular weight excluding hydrogens is 420 g/mol. The number of halogens is 1. The number of nitrogens with zero attached hydrogens (tertiary/aromatic N) is 4. The fraction of sp³-hybridized carbons (Fsp3) is 0.364. The van der Waals surface area contributed by atoms with Gasteiger partial charge in [0.15, 0.2) is 0 Å². The summed E-state index contributed by atoms with van der Waals surface area (Å²) in [5.41, 5.74) is 1.86. The summed E-state index contributed by atoms with van der Waals surface area (Å²) in [6.45, 7) is 3.63. The van der Waals surface area contributed by atoms with Crippen molar-refractivity contribution in [3.05, 3.63) is 63.2 Å². The third-order valence-electron chi connectivity index (χ3n) is 5.73. The molecule has 2 aromatic carbocycles. The van der Waals surface area contributed by atoms with Gasteiger partial charge in [-0.15, -0.1) is 0 Å². The Labute approximate surface area is 185 Å². The van der Waals surface area contributed by atoms with Crippen molar-refractivity contribution in [2.45, 2.75) is 25.8 Å². The number of nitro benzene ring substituents is 1. The van der Waals surface area contributed by atoms with Gasteiger partial charge in [0, 0.05) is 56.7 Å². The number of rotatable bonds is 5. The molecule has 2 aliphatic heterocycles. The Balaban J connectivity index is 1.48. The molecule has 0 aliphatic carbocycles. The van der Waals surface area contributed by atoms with E-state index in [0.29, 0.717) is 30.2 Å². The molecule has 0 N–H and O–H groups in total. The SMILES string of the molecule is O=C1CCCC(=O)N1c1ccc(N2CCN(Cc3ccc(Cl)cc3)CC2)c([N+](=O)[O-])c1. The molecule has 31 heavy (non-hydrogen) atoms. The first-order valence-corrected chi connectivity index (χ1v) is 10.7. The topological polar surface area (TPSA) is 87.0 Å². The van der Waals surface area contributed by atoms with E-state index in [1.807, 2.05) is 29.2 Å². The van der Waals surface area contributed by atoms with Gasteiger partial charge < -0.3 is 4.90 Å². The van der Waals surface area contributed by atoms with Crippen molar-refractivity contribution < 1.29 is 14.5 Å². The number of carbonyl (C=O) groups is 2. The number of piperazine rings is 1. The summed E-state index contributed by atoms with van der Waals surface area (Å²) in [6, 6.07) is 12.4. The van der Waals surface area contributed by atoms with Crippen molar-refractivity contribution in [1.82, 2.24) is 4.90 Å². The zero-order valence-electron chi connectivity index (χ0n) is 17.0. The fourth-order valence-corrected chi connectivity index (χ4v) is 4.23. The van der Waals surface area contributed by atoms with E-state index in [1.165, 1.54) is 11.6 Å². The van der Waals surface area contributed by atoms with Crippen molar-refractivity contribution in [3.63, 3.8) is 0 Å². The Morgan fingerprint density at radius 1 is 0.935 bits per heavy atom. The smallest absolute Gasteiger partial charge is 0.294 e. The lowest BCUT2D eigenvalue weighted by molar-refractivity contribution is -0.384. The number of benzene rings is 2. The van der Waals surface area contributed by atoms with Crippen LogP contribution in [0.1, 0.15) is 24.8 Å². The molecule has 0 aromatic heterocycles. The summed E-state index contributed by atoms with van der Waals surface area (Å²) >= 11 is 5.94. The van der Waals surface area contributed by atoms with Crippen LogP contribution in [0.15, 0.2) is 42.5 Å². The summed E-state index contributed by atoms with van der Waals surface area (Å²) in [7, 11) is 0. The number of anilines is 2. The van der Waals surface area contributed by atoms with E-state index < -0.39 is 4.92 Å². The predicted molar refractivity (Wildman–Crippen MR) is 118 cm³/mol. The fourth-order valence-electron chi connectivity index (χ4n) is 4.10. The highest BCUT2D eigenvalue weighted by atomic mass is 35.5. The first-order chi connectivity index (χ1) is 14.9. The monoisotopic (exact) mass is 442 g/mol. The third-order valence-corrected chi connectivity index (χ3v) is 5.98. The summed E-state index contributed by atoms with van der Waals surface area (Å²) in [5, 5.41) is 12.5. The number of hydrogen-bond acceptors (Lipinski definition) is 6.